The van der Waals surface area contributed by atoms with Crippen LogP contribution in [0.25, 0.3) is 0 Å². The summed E-state index contributed by atoms with van der Waals surface area (Å²) in [6, 6.07) is 18.3. The van der Waals surface area contributed by atoms with Crippen LogP contribution in [0.4, 0.5) is 0 Å². The van der Waals surface area contributed by atoms with Crippen molar-refractivity contribution in [2.75, 3.05) is 33.4 Å². The third-order valence-corrected chi connectivity index (χ3v) is 4.77. The lowest BCUT2D eigenvalue weighted by atomic mass is 10.1. The number of para-hydroxylation sites is 1. The minimum absolute atomic E-state index is 0. The number of aliphatic imine (C=N–C) groups is 1. The Kier molecular flexibility index (Phi) is 11.6. The largest absolute Gasteiger partial charge is 0.492 e. The highest BCUT2D eigenvalue weighted by Gasteiger charge is 2.13. The third kappa shape index (κ3) is 8.89. The van der Waals surface area contributed by atoms with Gasteiger partial charge in [0.2, 0.25) is 0 Å². The maximum absolute atomic E-state index is 5.97. The summed E-state index contributed by atoms with van der Waals surface area (Å²) in [6.45, 7) is 4.24. The molecule has 0 saturated carbocycles. The lowest BCUT2D eigenvalue weighted by molar-refractivity contribution is -0.0390. The van der Waals surface area contributed by atoms with E-state index in [0.717, 1.165) is 37.8 Å². The zero-order valence-electron chi connectivity index (χ0n) is 17.5. The molecule has 0 atom stereocenters. The topological polar surface area (TPSA) is 64.1 Å². The predicted octanol–water partition coefficient (Wildman–Crippen LogP) is 3.74. The molecular weight excluding hydrogens is 493 g/mol. The molecule has 0 aromatic heterocycles. The molecule has 1 heterocycles. The Labute approximate surface area is 196 Å². The van der Waals surface area contributed by atoms with Gasteiger partial charge in [-0.3, -0.25) is 4.99 Å². The molecule has 0 radical (unpaired) electrons. The van der Waals surface area contributed by atoms with Crippen LogP contribution in [-0.4, -0.2) is 45.5 Å². The first-order valence-electron chi connectivity index (χ1n) is 10.2. The van der Waals surface area contributed by atoms with Crippen molar-refractivity contribution in [3.8, 4) is 5.75 Å². The van der Waals surface area contributed by atoms with Crippen molar-refractivity contribution in [3.05, 3.63) is 65.7 Å². The van der Waals surface area contributed by atoms with Crippen molar-refractivity contribution in [2.45, 2.75) is 32.1 Å². The van der Waals surface area contributed by atoms with Gasteiger partial charge in [-0.25, -0.2) is 0 Å². The van der Waals surface area contributed by atoms with E-state index in [-0.39, 0.29) is 24.0 Å². The monoisotopic (exact) mass is 525 g/mol. The van der Waals surface area contributed by atoms with E-state index in [1.807, 2.05) is 30.3 Å². The molecule has 1 saturated heterocycles. The fraction of sp³-hybridized carbons (Fsp3) is 0.435. The number of rotatable bonds is 9. The molecule has 0 amide bonds. The summed E-state index contributed by atoms with van der Waals surface area (Å²) in [7, 11) is 1.77. The average molecular weight is 525 g/mol. The Morgan fingerprint density at radius 1 is 1.00 bits per heavy atom. The fourth-order valence-corrected chi connectivity index (χ4v) is 3.07. The Bertz CT molecular complexity index is 735. The van der Waals surface area contributed by atoms with Gasteiger partial charge in [-0.15, -0.1) is 24.0 Å². The van der Waals surface area contributed by atoms with Gasteiger partial charge in [0.05, 0.1) is 19.3 Å². The first-order valence-corrected chi connectivity index (χ1v) is 10.2. The number of halogens is 1. The summed E-state index contributed by atoms with van der Waals surface area (Å²) < 4.78 is 17.0. The van der Waals surface area contributed by atoms with Crippen molar-refractivity contribution in [1.82, 2.24) is 10.6 Å². The zero-order chi connectivity index (χ0) is 20.2. The van der Waals surface area contributed by atoms with Gasteiger partial charge in [0.1, 0.15) is 12.4 Å². The summed E-state index contributed by atoms with van der Waals surface area (Å²) in [5.74, 6) is 1.63. The molecule has 6 nitrogen and oxygen atoms in total. The first-order chi connectivity index (χ1) is 14.3. The number of hydrogen-bond donors (Lipinski definition) is 2. The molecule has 3 rings (SSSR count). The van der Waals surface area contributed by atoms with Gasteiger partial charge in [-0.05, 0) is 36.1 Å². The van der Waals surface area contributed by atoms with Crippen LogP contribution < -0.4 is 15.4 Å². The van der Waals surface area contributed by atoms with Crippen molar-refractivity contribution >= 4 is 29.9 Å². The molecule has 2 aromatic rings. The van der Waals surface area contributed by atoms with Crippen molar-refractivity contribution in [1.29, 1.82) is 0 Å². The second-order valence-electron chi connectivity index (χ2n) is 6.95. The van der Waals surface area contributed by atoms with Gasteiger partial charge >= 0.3 is 0 Å². The Morgan fingerprint density at radius 3 is 2.40 bits per heavy atom. The van der Waals surface area contributed by atoms with E-state index in [4.69, 9.17) is 14.2 Å². The lowest BCUT2D eigenvalue weighted by Gasteiger charge is -2.22. The minimum atomic E-state index is 0. The number of benzene rings is 2. The van der Waals surface area contributed by atoms with E-state index in [0.29, 0.717) is 32.4 Å². The van der Waals surface area contributed by atoms with Gasteiger partial charge in [-0.2, -0.15) is 0 Å². The van der Waals surface area contributed by atoms with Crippen molar-refractivity contribution in [3.63, 3.8) is 0 Å². The number of guanidine groups is 1. The van der Waals surface area contributed by atoms with Gasteiger partial charge < -0.3 is 24.8 Å². The third-order valence-electron chi connectivity index (χ3n) is 4.77. The second-order valence-corrected chi connectivity index (χ2v) is 6.95. The van der Waals surface area contributed by atoms with Crippen LogP contribution >= 0.6 is 24.0 Å². The molecule has 0 aliphatic carbocycles. The SMILES string of the molecule is CN=C(NCCOc1ccccc1)NCc1ccc(COC2CCOCC2)cc1.I. The highest BCUT2D eigenvalue weighted by atomic mass is 127. The zero-order valence-corrected chi connectivity index (χ0v) is 19.8. The van der Waals surface area contributed by atoms with E-state index < -0.39 is 0 Å². The molecule has 30 heavy (non-hydrogen) atoms. The normalized spacial score (nSPS) is 14.6. The molecule has 164 valence electrons. The van der Waals surface area contributed by atoms with Crippen LogP contribution in [0.1, 0.15) is 24.0 Å². The summed E-state index contributed by atoms with van der Waals surface area (Å²) in [4.78, 5) is 4.26. The van der Waals surface area contributed by atoms with Crippen LogP contribution in [-0.2, 0) is 22.6 Å². The maximum atomic E-state index is 5.97. The molecule has 2 N–H and O–H groups in total. The van der Waals surface area contributed by atoms with E-state index in [2.05, 4.69) is 39.9 Å². The smallest absolute Gasteiger partial charge is 0.191 e. The van der Waals surface area contributed by atoms with Crippen LogP contribution in [0.3, 0.4) is 0 Å². The number of nitrogens with one attached hydrogen (secondary N) is 2. The van der Waals surface area contributed by atoms with Gasteiger partial charge in [0.25, 0.3) is 0 Å². The first kappa shape index (κ1) is 24.4. The number of nitrogens with zero attached hydrogens (tertiary/aromatic N) is 1. The van der Waals surface area contributed by atoms with E-state index in [1.54, 1.807) is 7.05 Å². The predicted molar refractivity (Wildman–Crippen MR) is 131 cm³/mol. The molecule has 0 spiro atoms. The minimum Gasteiger partial charge on any atom is -0.492 e. The highest BCUT2D eigenvalue weighted by Crippen LogP contribution is 2.14. The molecule has 1 aliphatic rings. The molecular formula is C23H32IN3O3. The van der Waals surface area contributed by atoms with Crippen molar-refractivity contribution in [2.24, 2.45) is 4.99 Å². The molecule has 1 aliphatic heterocycles. The summed E-state index contributed by atoms with van der Waals surface area (Å²) in [6.07, 6.45) is 2.31. The summed E-state index contributed by atoms with van der Waals surface area (Å²) >= 11 is 0. The average Bonchev–Trinajstić information content (AvgIpc) is 2.79. The molecule has 0 bridgehead atoms. The van der Waals surface area contributed by atoms with Gasteiger partial charge in [0, 0.05) is 26.8 Å². The fourth-order valence-electron chi connectivity index (χ4n) is 3.07. The number of hydrogen-bond acceptors (Lipinski definition) is 4. The quantitative estimate of drug-likeness (QED) is 0.226. The Hall–Kier alpha value is -1.84. The van der Waals surface area contributed by atoms with Gasteiger partial charge in [-0.1, -0.05) is 42.5 Å². The van der Waals surface area contributed by atoms with Crippen LogP contribution in [0.15, 0.2) is 59.6 Å². The Balaban J connectivity index is 0.00000320. The summed E-state index contributed by atoms with van der Waals surface area (Å²) in [5.41, 5.74) is 2.39. The maximum Gasteiger partial charge on any atom is 0.191 e. The van der Waals surface area contributed by atoms with Crippen LogP contribution in [0.2, 0.25) is 0 Å². The van der Waals surface area contributed by atoms with E-state index in [9.17, 15) is 0 Å². The molecule has 0 unspecified atom stereocenters. The molecule has 1 fully saturated rings. The Morgan fingerprint density at radius 2 is 1.70 bits per heavy atom. The standard InChI is InChI=1S/C23H31N3O3.HI/c1-24-23(25-13-16-28-21-5-3-2-4-6-21)26-17-19-7-9-20(10-8-19)18-29-22-11-14-27-15-12-22;/h2-10,22H,11-18H2,1H3,(H2,24,25,26);1H. The highest BCUT2D eigenvalue weighted by molar-refractivity contribution is 14.0. The number of ether oxygens (including phenoxy) is 3. The van der Waals surface area contributed by atoms with E-state index >= 15 is 0 Å². The van der Waals surface area contributed by atoms with Crippen molar-refractivity contribution < 1.29 is 14.2 Å². The van der Waals surface area contributed by atoms with Crippen LogP contribution in [0.5, 0.6) is 5.75 Å². The van der Waals surface area contributed by atoms with E-state index in [1.165, 1.54) is 11.1 Å². The van der Waals surface area contributed by atoms with Gasteiger partial charge in [0.15, 0.2) is 5.96 Å². The summed E-state index contributed by atoms with van der Waals surface area (Å²) in [5, 5.41) is 6.59. The van der Waals surface area contributed by atoms with Crippen LogP contribution in [0, 0.1) is 0 Å². The lowest BCUT2D eigenvalue weighted by Crippen LogP contribution is -2.38. The second kappa shape index (κ2) is 14.2. The molecule has 7 heteroatoms. The molecule has 2 aromatic carbocycles.